The van der Waals surface area contributed by atoms with E-state index in [0.717, 1.165) is 0 Å². The van der Waals surface area contributed by atoms with Crippen molar-refractivity contribution in [2.45, 2.75) is 0 Å². The summed E-state index contributed by atoms with van der Waals surface area (Å²) in [5.41, 5.74) is 1.24. The van der Waals surface area contributed by atoms with Crippen molar-refractivity contribution >= 4 is 5.78 Å². The molecule has 0 saturated heterocycles. The first-order chi connectivity index (χ1) is 7.27. The maximum atomic E-state index is 11.9. The van der Waals surface area contributed by atoms with Crippen LogP contribution < -0.4 is 29.6 Å². The number of carbonyl (C=O) groups excluding carboxylic acids is 1. The minimum Gasteiger partial charge on any atom is -0.508 e. The third kappa shape index (κ3) is 2.95. The maximum Gasteiger partial charge on any atom is 1.00 e. The van der Waals surface area contributed by atoms with Gasteiger partial charge in [-0.25, -0.2) is 0 Å². The number of benzene rings is 2. The van der Waals surface area contributed by atoms with Crippen molar-refractivity contribution < 1.29 is 39.5 Å². The summed E-state index contributed by atoms with van der Waals surface area (Å²) in [6.07, 6.45) is 0. The molecule has 0 bridgehead atoms. The van der Waals surface area contributed by atoms with Crippen LogP contribution in [0.5, 0.6) is 5.75 Å². The zero-order chi connectivity index (χ0) is 10.7. The van der Waals surface area contributed by atoms with Crippen molar-refractivity contribution in [2.24, 2.45) is 0 Å². The molecule has 3 heteroatoms. The van der Waals surface area contributed by atoms with E-state index in [9.17, 15) is 4.79 Å². The molecule has 0 aliphatic carbocycles. The molecule has 0 fully saturated rings. The van der Waals surface area contributed by atoms with Gasteiger partial charge in [0.05, 0.1) is 0 Å². The van der Waals surface area contributed by atoms with E-state index in [4.69, 9.17) is 5.11 Å². The number of carbonyl (C=O) groups is 1. The summed E-state index contributed by atoms with van der Waals surface area (Å²) in [7, 11) is 0. The number of phenolic OH excluding ortho intramolecular Hbond substituents is 1. The molecule has 0 saturated carbocycles. The summed E-state index contributed by atoms with van der Waals surface area (Å²) in [5, 5.41) is 9.10. The van der Waals surface area contributed by atoms with Crippen LogP contribution in [0.25, 0.3) is 0 Å². The van der Waals surface area contributed by atoms with Gasteiger partial charge in [-0.15, -0.1) is 0 Å². The molecule has 2 aromatic rings. The van der Waals surface area contributed by atoms with E-state index >= 15 is 0 Å². The Labute approximate surface area is 116 Å². The fourth-order valence-electron chi connectivity index (χ4n) is 1.37. The second-order valence-corrected chi connectivity index (χ2v) is 3.24. The average Bonchev–Trinajstić information content (AvgIpc) is 2.30. The molecule has 0 aliphatic rings. The van der Waals surface area contributed by atoms with Gasteiger partial charge >= 0.3 is 29.6 Å². The van der Waals surface area contributed by atoms with Crippen molar-refractivity contribution in [3.8, 4) is 5.75 Å². The smallest absolute Gasteiger partial charge is 0.508 e. The summed E-state index contributed by atoms with van der Waals surface area (Å²) >= 11 is 0. The fraction of sp³-hybridized carbons (Fsp3) is 0. The van der Waals surface area contributed by atoms with Crippen LogP contribution in [0.3, 0.4) is 0 Å². The van der Waals surface area contributed by atoms with Crippen LogP contribution in [-0.2, 0) is 0 Å². The Balaban J connectivity index is 0.00000128. The van der Waals surface area contributed by atoms with Crippen molar-refractivity contribution in [2.75, 3.05) is 0 Å². The molecule has 2 rings (SSSR count). The van der Waals surface area contributed by atoms with E-state index in [2.05, 4.69) is 0 Å². The number of aromatic hydroxyl groups is 1. The number of hydrogen-bond acceptors (Lipinski definition) is 2. The Morgan fingerprint density at radius 1 is 0.812 bits per heavy atom. The largest absolute Gasteiger partial charge is 1.00 e. The number of ketones is 1. The van der Waals surface area contributed by atoms with Crippen LogP contribution >= 0.6 is 0 Å². The third-order valence-electron chi connectivity index (χ3n) is 2.17. The molecule has 74 valence electrons. The normalized spacial score (nSPS) is 9.25. The van der Waals surface area contributed by atoms with Gasteiger partial charge < -0.3 is 5.11 Å². The molecule has 2 nitrogen and oxygen atoms in total. The first kappa shape index (κ1) is 13.0. The van der Waals surface area contributed by atoms with Crippen LogP contribution in [0, 0.1) is 0 Å². The van der Waals surface area contributed by atoms with Crippen molar-refractivity contribution in [1.29, 1.82) is 0 Å². The molecular formula is C13H10NaO2+. The minimum atomic E-state index is -0.0319. The van der Waals surface area contributed by atoms with Crippen LogP contribution in [-0.4, -0.2) is 10.9 Å². The van der Waals surface area contributed by atoms with Gasteiger partial charge in [-0.2, -0.15) is 0 Å². The summed E-state index contributed by atoms with van der Waals surface area (Å²) < 4.78 is 0. The molecule has 0 spiro atoms. The molecule has 0 amide bonds. The van der Waals surface area contributed by atoms with E-state index < -0.39 is 0 Å². The number of phenols is 1. The molecule has 1 N–H and O–H groups in total. The molecule has 0 aliphatic heterocycles. The second-order valence-electron chi connectivity index (χ2n) is 3.24. The maximum absolute atomic E-state index is 11.9. The van der Waals surface area contributed by atoms with Crippen molar-refractivity contribution in [1.82, 2.24) is 0 Å². The Morgan fingerprint density at radius 3 is 1.88 bits per heavy atom. The monoisotopic (exact) mass is 221 g/mol. The van der Waals surface area contributed by atoms with Crippen molar-refractivity contribution in [3.63, 3.8) is 0 Å². The first-order valence-corrected chi connectivity index (χ1v) is 4.66. The van der Waals surface area contributed by atoms with Gasteiger partial charge in [0.2, 0.25) is 0 Å². The number of hydrogen-bond donors (Lipinski definition) is 1. The predicted molar refractivity (Wildman–Crippen MR) is 58.0 cm³/mol. The molecular weight excluding hydrogens is 211 g/mol. The van der Waals surface area contributed by atoms with E-state index in [1.165, 1.54) is 12.1 Å². The third-order valence-corrected chi connectivity index (χ3v) is 2.17. The van der Waals surface area contributed by atoms with Crippen LogP contribution in [0.15, 0.2) is 54.6 Å². The predicted octanol–water partition coefficient (Wildman–Crippen LogP) is -0.373. The van der Waals surface area contributed by atoms with E-state index in [-0.39, 0.29) is 41.1 Å². The van der Waals surface area contributed by atoms with Gasteiger partial charge in [0.1, 0.15) is 5.75 Å². The Bertz CT molecular complexity index is 463. The van der Waals surface area contributed by atoms with Crippen LogP contribution in [0.2, 0.25) is 0 Å². The van der Waals surface area contributed by atoms with E-state index in [1.807, 2.05) is 18.2 Å². The average molecular weight is 221 g/mol. The van der Waals surface area contributed by atoms with E-state index in [0.29, 0.717) is 11.1 Å². The quantitative estimate of drug-likeness (QED) is 0.555. The summed E-state index contributed by atoms with van der Waals surface area (Å²) in [4.78, 5) is 11.9. The summed E-state index contributed by atoms with van der Waals surface area (Å²) in [6, 6.07) is 15.3. The number of rotatable bonds is 2. The SMILES string of the molecule is O=C(c1ccccc1)c1ccc(O)cc1.[Na+]. The molecule has 0 aromatic heterocycles. The van der Waals surface area contributed by atoms with Gasteiger partial charge in [0.15, 0.2) is 5.78 Å². The Hall–Kier alpha value is -1.09. The standard InChI is InChI=1S/C13H10O2.Na/c14-12-8-6-11(7-9-12)13(15)10-4-2-1-3-5-10;/h1-9,14H;/q;+1. The van der Waals surface area contributed by atoms with Gasteiger partial charge in [-0.05, 0) is 24.3 Å². The zero-order valence-corrected chi connectivity index (χ0v) is 11.1. The van der Waals surface area contributed by atoms with Gasteiger partial charge in [0, 0.05) is 11.1 Å². The molecule has 0 heterocycles. The van der Waals surface area contributed by atoms with Gasteiger partial charge in [-0.1, -0.05) is 30.3 Å². The summed E-state index contributed by atoms with van der Waals surface area (Å²) in [6.45, 7) is 0. The molecule has 2 aromatic carbocycles. The van der Waals surface area contributed by atoms with Crippen LogP contribution in [0.4, 0.5) is 0 Å². The summed E-state index contributed by atoms with van der Waals surface area (Å²) in [5.74, 6) is 0.134. The molecule has 16 heavy (non-hydrogen) atoms. The molecule has 0 unspecified atom stereocenters. The minimum absolute atomic E-state index is 0. The van der Waals surface area contributed by atoms with Gasteiger partial charge in [-0.3, -0.25) is 4.79 Å². The fourth-order valence-corrected chi connectivity index (χ4v) is 1.37. The Kier molecular flexibility index (Phi) is 4.74. The zero-order valence-electron chi connectivity index (χ0n) is 9.05. The Morgan fingerprint density at radius 2 is 1.31 bits per heavy atom. The molecule has 0 radical (unpaired) electrons. The van der Waals surface area contributed by atoms with Crippen molar-refractivity contribution in [3.05, 3.63) is 65.7 Å². The first-order valence-electron chi connectivity index (χ1n) is 4.66. The van der Waals surface area contributed by atoms with Gasteiger partial charge in [0.25, 0.3) is 0 Å². The van der Waals surface area contributed by atoms with E-state index in [1.54, 1.807) is 24.3 Å². The topological polar surface area (TPSA) is 37.3 Å². The second kappa shape index (κ2) is 5.85. The molecule has 0 atom stereocenters. The van der Waals surface area contributed by atoms with Crippen LogP contribution in [0.1, 0.15) is 15.9 Å².